The first-order valence-corrected chi connectivity index (χ1v) is 5.35. The largest absolute Gasteiger partial charge is 0.347 e. The third-order valence-electron chi connectivity index (χ3n) is 2.46. The lowest BCUT2D eigenvalue weighted by atomic mass is 10.4. The molecule has 0 radical (unpaired) electrons. The van der Waals surface area contributed by atoms with Crippen LogP contribution in [0.4, 0.5) is 0 Å². The zero-order chi connectivity index (χ0) is 13.8. The lowest BCUT2D eigenvalue weighted by molar-refractivity contribution is -0.120. The van der Waals surface area contributed by atoms with Crippen LogP contribution in [0.15, 0.2) is 24.7 Å². The van der Waals surface area contributed by atoms with Gasteiger partial charge in [-0.15, -0.1) is 10.2 Å². The van der Waals surface area contributed by atoms with E-state index >= 15 is 0 Å². The summed E-state index contributed by atoms with van der Waals surface area (Å²) in [6.07, 6.45) is 2.96. The molecule has 96 valence electrons. The van der Waals surface area contributed by atoms with Gasteiger partial charge in [0.15, 0.2) is 0 Å². The number of imide groups is 1. The lowest BCUT2D eigenvalue weighted by Gasteiger charge is -2.05. The van der Waals surface area contributed by atoms with E-state index in [1.54, 1.807) is 36.0 Å². The zero-order valence-corrected chi connectivity index (χ0v) is 10.1. The zero-order valence-electron chi connectivity index (χ0n) is 10.1. The third-order valence-corrected chi connectivity index (χ3v) is 2.46. The Morgan fingerprint density at radius 1 is 1.53 bits per heavy atom. The predicted octanol–water partition coefficient (Wildman–Crippen LogP) is -0.555. The summed E-state index contributed by atoms with van der Waals surface area (Å²) in [7, 11) is 1.70. The summed E-state index contributed by atoms with van der Waals surface area (Å²) in [6.45, 7) is -0.188. The van der Waals surface area contributed by atoms with E-state index in [4.69, 9.17) is 5.26 Å². The quantitative estimate of drug-likeness (QED) is 0.794. The van der Waals surface area contributed by atoms with Crippen molar-refractivity contribution in [3.63, 3.8) is 0 Å². The van der Waals surface area contributed by atoms with Gasteiger partial charge >= 0.3 is 0 Å². The summed E-state index contributed by atoms with van der Waals surface area (Å²) in [6, 6.07) is 5.09. The molecule has 0 spiro atoms. The monoisotopic (exact) mass is 258 g/mol. The SMILES string of the molecule is Cn1cccc1C(=O)NC(=O)Cn1cnnc1C#N. The van der Waals surface area contributed by atoms with Gasteiger partial charge in [0, 0.05) is 13.2 Å². The fourth-order valence-corrected chi connectivity index (χ4v) is 1.54. The molecular formula is C11H10N6O2. The van der Waals surface area contributed by atoms with E-state index in [1.807, 2.05) is 0 Å². The van der Waals surface area contributed by atoms with Crippen molar-refractivity contribution in [2.75, 3.05) is 0 Å². The van der Waals surface area contributed by atoms with Gasteiger partial charge in [-0.3, -0.25) is 19.5 Å². The first-order valence-electron chi connectivity index (χ1n) is 5.35. The maximum atomic E-state index is 11.8. The molecule has 0 fully saturated rings. The van der Waals surface area contributed by atoms with Gasteiger partial charge in [-0.2, -0.15) is 5.26 Å². The van der Waals surface area contributed by atoms with Crippen LogP contribution in [0.5, 0.6) is 0 Å². The van der Waals surface area contributed by atoms with E-state index in [2.05, 4.69) is 15.5 Å². The minimum Gasteiger partial charge on any atom is -0.347 e. The first-order chi connectivity index (χ1) is 9.11. The lowest BCUT2D eigenvalue weighted by Crippen LogP contribution is -2.34. The van der Waals surface area contributed by atoms with Crippen molar-refractivity contribution in [2.24, 2.45) is 7.05 Å². The maximum absolute atomic E-state index is 11.8. The van der Waals surface area contributed by atoms with Gasteiger partial charge in [-0.1, -0.05) is 0 Å². The average molecular weight is 258 g/mol. The van der Waals surface area contributed by atoms with Crippen molar-refractivity contribution in [3.05, 3.63) is 36.2 Å². The Bertz CT molecular complexity index is 663. The van der Waals surface area contributed by atoms with Crippen LogP contribution in [0.1, 0.15) is 16.3 Å². The molecule has 0 aliphatic heterocycles. The number of hydrogen-bond donors (Lipinski definition) is 1. The normalized spacial score (nSPS) is 9.89. The molecule has 0 unspecified atom stereocenters. The predicted molar refractivity (Wildman–Crippen MR) is 62.6 cm³/mol. The summed E-state index contributed by atoms with van der Waals surface area (Å²) < 4.78 is 2.86. The average Bonchev–Trinajstić information content (AvgIpc) is 2.97. The number of rotatable bonds is 3. The van der Waals surface area contributed by atoms with Gasteiger partial charge in [0.2, 0.25) is 11.7 Å². The van der Waals surface area contributed by atoms with Crippen molar-refractivity contribution < 1.29 is 9.59 Å². The van der Waals surface area contributed by atoms with Crippen molar-refractivity contribution in [3.8, 4) is 6.07 Å². The fraction of sp³-hybridized carbons (Fsp3) is 0.182. The molecule has 0 atom stereocenters. The van der Waals surface area contributed by atoms with Crippen LogP contribution in [-0.2, 0) is 18.4 Å². The smallest absolute Gasteiger partial charge is 0.274 e. The molecule has 0 saturated carbocycles. The maximum Gasteiger partial charge on any atom is 0.274 e. The van der Waals surface area contributed by atoms with Gasteiger partial charge in [0.1, 0.15) is 24.6 Å². The summed E-state index contributed by atoms with van der Waals surface area (Å²) in [5, 5.41) is 18.0. The fourth-order valence-electron chi connectivity index (χ4n) is 1.54. The standard InChI is InChI=1S/C11H10N6O2/c1-16-4-2-3-8(16)11(19)14-10(18)6-17-7-13-15-9(17)5-12/h2-4,7H,6H2,1H3,(H,14,18,19). The highest BCUT2D eigenvalue weighted by Crippen LogP contribution is 1.99. The van der Waals surface area contributed by atoms with Crippen LogP contribution in [0.25, 0.3) is 0 Å². The van der Waals surface area contributed by atoms with Crippen molar-refractivity contribution in [2.45, 2.75) is 6.54 Å². The third kappa shape index (κ3) is 2.66. The number of hydrogen-bond acceptors (Lipinski definition) is 5. The molecule has 2 aromatic heterocycles. The summed E-state index contributed by atoms with van der Waals surface area (Å²) in [4.78, 5) is 23.4. The molecule has 19 heavy (non-hydrogen) atoms. The van der Waals surface area contributed by atoms with E-state index in [-0.39, 0.29) is 12.4 Å². The van der Waals surface area contributed by atoms with Crippen LogP contribution in [0, 0.1) is 11.3 Å². The van der Waals surface area contributed by atoms with Crippen molar-refractivity contribution in [1.29, 1.82) is 5.26 Å². The first kappa shape index (κ1) is 12.5. The van der Waals surface area contributed by atoms with Crippen LogP contribution < -0.4 is 5.32 Å². The Kier molecular flexibility index (Phi) is 3.38. The van der Waals surface area contributed by atoms with Gasteiger partial charge in [-0.25, -0.2) is 0 Å². The molecule has 0 saturated heterocycles. The Labute approximate surface area is 108 Å². The molecule has 1 N–H and O–H groups in total. The number of carbonyl (C=O) groups is 2. The van der Waals surface area contributed by atoms with Crippen molar-refractivity contribution in [1.82, 2.24) is 24.6 Å². The highest BCUT2D eigenvalue weighted by molar-refractivity contribution is 6.03. The Morgan fingerprint density at radius 3 is 2.95 bits per heavy atom. The van der Waals surface area contributed by atoms with Gasteiger partial charge in [0.25, 0.3) is 5.91 Å². The Morgan fingerprint density at radius 2 is 2.32 bits per heavy atom. The number of carbonyl (C=O) groups excluding carboxylic acids is 2. The summed E-state index contributed by atoms with van der Waals surface area (Å²) >= 11 is 0. The number of nitrogens with one attached hydrogen (secondary N) is 1. The van der Waals surface area contributed by atoms with Crippen LogP contribution in [0.3, 0.4) is 0 Å². The second-order valence-electron chi connectivity index (χ2n) is 3.78. The molecule has 2 heterocycles. The van der Waals surface area contributed by atoms with Gasteiger partial charge in [-0.05, 0) is 12.1 Å². The topological polar surface area (TPSA) is 106 Å². The van der Waals surface area contributed by atoms with Crippen LogP contribution in [0.2, 0.25) is 0 Å². The van der Waals surface area contributed by atoms with Gasteiger partial charge in [0.05, 0.1) is 0 Å². The molecule has 2 rings (SSSR count). The molecule has 0 aliphatic carbocycles. The molecule has 0 aromatic carbocycles. The number of aromatic nitrogens is 4. The molecule has 0 bridgehead atoms. The van der Waals surface area contributed by atoms with E-state index in [0.717, 1.165) is 0 Å². The van der Waals surface area contributed by atoms with Crippen LogP contribution >= 0.6 is 0 Å². The molecule has 2 amide bonds. The summed E-state index contributed by atoms with van der Waals surface area (Å²) in [5.41, 5.74) is 0.373. The molecule has 2 aromatic rings. The minimum absolute atomic E-state index is 0.0152. The number of nitriles is 1. The number of nitrogens with zero attached hydrogens (tertiary/aromatic N) is 5. The molecule has 8 heteroatoms. The second-order valence-corrected chi connectivity index (χ2v) is 3.78. The number of amides is 2. The highest BCUT2D eigenvalue weighted by Gasteiger charge is 2.14. The summed E-state index contributed by atoms with van der Waals surface area (Å²) in [5.74, 6) is -1.02. The molecule has 8 nitrogen and oxygen atoms in total. The Balaban J connectivity index is 2.01. The minimum atomic E-state index is -0.539. The van der Waals surface area contributed by atoms with E-state index < -0.39 is 11.8 Å². The van der Waals surface area contributed by atoms with E-state index in [0.29, 0.717) is 5.69 Å². The number of aryl methyl sites for hydroxylation is 1. The van der Waals surface area contributed by atoms with E-state index in [1.165, 1.54) is 10.9 Å². The molecular weight excluding hydrogens is 248 g/mol. The van der Waals surface area contributed by atoms with Gasteiger partial charge < -0.3 is 4.57 Å². The van der Waals surface area contributed by atoms with Crippen molar-refractivity contribution >= 4 is 11.8 Å². The highest BCUT2D eigenvalue weighted by atomic mass is 16.2. The van der Waals surface area contributed by atoms with Crippen LogP contribution in [-0.4, -0.2) is 31.1 Å². The molecule has 0 aliphatic rings. The second kappa shape index (κ2) is 5.14. The Hall–Kier alpha value is -2.95. The van der Waals surface area contributed by atoms with E-state index in [9.17, 15) is 9.59 Å².